The molecule has 2 rings (SSSR count). The molecule has 1 aromatic carbocycles. The van der Waals surface area contributed by atoms with Gasteiger partial charge in [-0.2, -0.15) is 9.78 Å². The predicted molar refractivity (Wildman–Crippen MR) is 86.0 cm³/mol. The molecule has 0 aliphatic heterocycles. The molecular formula is C16H21N3OS. The van der Waals surface area contributed by atoms with Gasteiger partial charge in [0, 0.05) is 24.2 Å². The third kappa shape index (κ3) is 3.67. The maximum Gasteiger partial charge on any atom is 0.344 e. The van der Waals surface area contributed by atoms with Gasteiger partial charge in [-0.25, -0.2) is 4.79 Å². The van der Waals surface area contributed by atoms with E-state index in [1.807, 2.05) is 19.9 Å². The highest BCUT2D eigenvalue weighted by Gasteiger charge is 2.14. The molecule has 0 spiro atoms. The second kappa shape index (κ2) is 6.80. The van der Waals surface area contributed by atoms with Crippen LogP contribution in [0.25, 0.3) is 0 Å². The van der Waals surface area contributed by atoms with Crippen molar-refractivity contribution in [3.63, 3.8) is 0 Å². The minimum atomic E-state index is -0.0761. The number of aryl methyl sites for hydroxylation is 2. The molecule has 1 heterocycles. The monoisotopic (exact) mass is 303 g/mol. The Labute approximate surface area is 130 Å². The molecule has 0 radical (unpaired) electrons. The van der Waals surface area contributed by atoms with Crippen LogP contribution in [0.1, 0.15) is 25.0 Å². The lowest BCUT2D eigenvalue weighted by molar-refractivity contribution is 0.201. The molecule has 0 fully saturated rings. The lowest BCUT2D eigenvalue weighted by atomic mass is 10.2. The molecule has 112 valence electrons. The lowest BCUT2D eigenvalue weighted by Gasteiger charge is -2.17. The van der Waals surface area contributed by atoms with Crippen LogP contribution in [0.15, 0.2) is 40.4 Å². The van der Waals surface area contributed by atoms with Gasteiger partial charge in [0.15, 0.2) is 0 Å². The average Bonchev–Trinajstić information content (AvgIpc) is 2.92. The van der Waals surface area contributed by atoms with Crippen molar-refractivity contribution in [3.05, 3.63) is 41.6 Å². The molecule has 0 aliphatic rings. The van der Waals surface area contributed by atoms with E-state index in [1.54, 1.807) is 22.9 Å². The van der Waals surface area contributed by atoms with Crippen LogP contribution in [0.3, 0.4) is 0 Å². The zero-order valence-corrected chi connectivity index (χ0v) is 13.8. The molecule has 0 aliphatic carbocycles. The summed E-state index contributed by atoms with van der Waals surface area (Å²) >= 11 is 1.59. The quantitative estimate of drug-likeness (QED) is 0.858. The van der Waals surface area contributed by atoms with E-state index in [9.17, 15) is 4.79 Å². The summed E-state index contributed by atoms with van der Waals surface area (Å²) in [6, 6.07) is 8.16. The van der Waals surface area contributed by atoms with Crippen molar-refractivity contribution in [2.45, 2.75) is 37.6 Å². The molecule has 1 amide bonds. The Morgan fingerprint density at radius 1 is 1.24 bits per heavy atom. The van der Waals surface area contributed by atoms with E-state index in [0.717, 1.165) is 5.03 Å². The number of hydrogen-bond donors (Lipinski definition) is 0. The summed E-state index contributed by atoms with van der Waals surface area (Å²) in [5, 5.41) is 5.22. The van der Waals surface area contributed by atoms with Gasteiger partial charge in [-0.05, 0) is 51.0 Å². The highest BCUT2D eigenvalue weighted by atomic mass is 32.2. The van der Waals surface area contributed by atoms with Gasteiger partial charge < -0.3 is 4.90 Å². The zero-order valence-electron chi connectivity index (χ0n) is 13.0. The molecule has 0 atom stereocenters. The maximum absolute atomic E-state index is 12.2. The third-order valence-electron chi connectivity index (χ3n) is 3.35. The van der Waals surface area contributed by atoms with Gasteiger partial charge in [0.1, 0.15) is 5.03 Å². The maximum atomic E-state index is 12.2. The Kier molecular flexibility index (Phi) is 5.07. The van der Waals surface area contributed by atoms with E-state index in [1.165, 1.54) is 20.7 Å². The standard InChI is InChI=1S/C16H21N3OS/c1-5-18(6-2)16(20)19-10-9-15(17-19)21-14-11-12(3)7-8-13(14)4/h7-11H,5-6H2,1-4H3. The van der Waals surface area contributed by atoms with Crippen molar-refractivity contribution in [3.8, 4) is 0 Å². The Balaban J connectivity index is 2.17. The smallest absolute Gasteiger partial charge is 0.323 e. The highest BCUT2D eigenvalue weighted by Crippen LogP contribution is 2.29. The summed E-state index contributed by atoms with van der Waals surface area (Å²) in [6.45, 7) is 9.47. The van der Waals surface area contributed by atoms with Crippen LogP contribution in [0, 0.1) is 13.8 Å². The van der Waals surface area contributed by atoms with E-state index in [0.29, 0.717) is 13.1 Å². The topological polar surface area (TPSA) is 38.1 Å². The number of hydrogen-bond acceptors (Lipinski definition) is 3. The summed E-state index contributed by atoms with van der Waals surface area (Å²) in [5.41, 5.74) is 2.44. The fourth-order valence-electron chi connectivity index (χ4n) is 2.04. The number of carbonyl (C=O) groups is 1. The first-order chi connectivity index (χ1) is 10.0. The number of carbonyl (C=O) groups excluding carboxylic acids is 1. The van der Waals surface area contributed by atoms with E-state index < -0.39 is 0 Å². The van der Waals surface area contributed by atoms with Gasteiger partial charge in [0.05, 0.1) is 0 Å². The summed E-state index contributed by atoms with van der Waals surface area (Å²) in [6.07, 6.45) is 1.73. The highest BCUT2D eigenvalue weighted by molar-refractivity contribution is 7.99. The van der Waals surface area contributed by atoms with Crippen molar-refractivity contribution in [1.29, 1.82) is 0 Å². The van der Waals surface area contributed by atoms with Crippen molar-refractivity contribution in [1.82, 2.24) is 14.7 Å². The minimum absolute atomic E-state index is 0.0761. The molecule has 0 saturated heterocycles. The summed E-state index contributed by atoms with van der Waals surface area (Å²) in [4.78, 5) is 15.1. The van der Waals surface area contributed by atoms with Gasteiger partial charge in [0.2, 0.25) is 0 Å². The average molecular weight is 303 g/mol. The molecule has 1 aromatic heterocycles. The first-order valence-electron chi connectivity index (χ1n) is 7.15. The van der Waals surface area contributed by atoms with Crippen molar-refractivity contribution in [2.75, 3.05) is 13.1 Å². The Hall–Kier alpha value is -1.75. The second-order valence-corrected chi connectivity index (χ2v) is 5.99. The van der Waals surface area contributed by atoms with E-state index >= 15 is 0 Å². The van der Waals surface area contributed by atoms with E-state index in [-0.39, 0.29) is 6.03 Å². The number of aromatic nitrogens is 2. The largest absolute Gasteiger partial charge is 0.344 e. The fraction of sp³-hybridized carbons (Fsp3) is 0.375. The molecular weight excluding hydrogens is 282 g/mol. The molecule has 5 heteroatoms. The molecule has 0 bridgehead atoms. The van der Waals surface area contributed by atoms with Gasteiger partial charge in [-0.3, -0.25) is 0 Å². The molecule has 0 unspecified atom stereocenters. The zero-order chi connectivity index (χ0) is 15.4. The molecule has 2 aromatic rings. The van der Waals surface area contributed by atoms with Crippen LogP contribution in [0.4, 0.5) is 4.79 Å². The number of amides is 1. The van der Waals surface area contributed by atoms with Crippen molar-refractivity contribution >= 4 is 17.8 Å². The van der Waals surface area contributed by atoms with Crippen LogP contribution in [-0.4, -0.2) is 33.8 Å². The molecule has 21 heavy (non-hydrogen) atoms. The Morgan fingerprint density at radius 3 is 2.62 bits per heavy atom. The van der Waals surface area contributed by atoms with Crippen LogP contribution < -0.4 is 0 Å². The van der Waals surface area contributed by atoms with Crippen molar-refractivity contribution in [2.24, 2.45) is 0 Å². The van der Waals surface area contributed by atoms with Gasteiger partial charge in [-0.15, -0.1) is 0 Å². The third-order valence-corrected chi connectivity index (χ3v) is 4.44. The van der Waals surface area contributed by atoms with E-state index in [2.05, 4.69) is 37.1 Å². The first kappa shape index (κ1) is 15.6. The van der Waals surface area contributed by atoms with Crippen molar-refractivity contribution < 1.29 is 4.79 Å². The number of benzene rings is 1. The minimum Gasteiger partial charge on any atom is -0.323 e. The fourth-order valence-corrected chi connectivity index (χ4v) is 2.99. The summed E-state index contributed by atoms with van der Waals surface area (Å²) < 4.78 is 1.42. The Morgan fingerprint density at radius 2 is 1.95 bits per heavy atom. The predicted octanol–water partition coefficient (Wildman–Crippen LogP) is 3.96. The summed E-state index contributed by atoms with van der Waals surface area (Å²) in [7, 11) is 0. The molecule has 4 nitrogen and oxygen atoms in total. The van der Waals surface area contributed by atoms with Crippen LogP contribution in [0.2, 0.25) is 0 Å². The SMILES string of the molecule is CCN(CC)C(=O)n1ccc(Sc2cc(C)ccc2C)n1. The normalized spacial score (nSPS) is 10.7. The van der Waals surface area contributed by atoms with Gasteiger partial charge in [0.25, 0.3) is 0 Å². The second-order valence-electron chi connectivity index (χ2n) is 4.92. The summed E-state index contributed by atoms with van der Waals surface area (Å²) in [5.74, 6) is 0. The van der Waals surface area contributed by atoms with Crippen LogP contribution >= 0.6 is 11.8 Å². The lowest BCUT2D eigenvalue weighted by Crippen LogP contribution is -2.34. The van der Waals surface area contributed by atoms with Gasteiger partial charge >= 0.3 is 6.03 Å². The first-order valence-corrected chi connectivity index (χ1v) is 7.96. The molecule has 0 saturated carbocycles. The number of nitrogens with zero attached hydrogens (tertiary/aromatic N) is 3. The van der Waals surface area contributed by atoms with Crippen LogP contribution in [0.5, 0.6) is 0 Å². The van der Waals surface area contributed by atoms with Crippen LogP contribution in [-0.2, 0) is 0 Å². The number of rotatable bonds is 4. The molecule has 0 N–H and O–H groups in total. The Bertz CT molecular complexity index is 632. The van der Waals surface area contributed by atoms with Gasteiger partial charge in [-0.1, -0.05) is 23.9 Å². The van der Waals surface area contributed by atoms with E-state index in [4.69, 9.17) is 0 Å².